The van der Waals surface area contributed by atoms with Crippen molar-refractivity contribution in [2.24, 2.45) is 17.8 Å². The SMILES string of the molecule is C=C1CC[C@H](C(C)=O)C[C@@H]1[C@@H](O)C(C)C. The highest BCUT2D eigenvalue weighted by molar-refractivity contribution is 5.78. The summed E-state index contributed by atoms with van der Waals surface area (Å²) in [6.07, 6.45) is 2.24. The van der Waals surface area contributed by atoms with Gasteiger partial charge in [0.15, 0.2) is 0 Å². The minimum Gasteiger partial charge on any atom is -0.392 e. The molecular weight excluding hydrogens is 188 g/mol. The molecule has 2 heteroatoms. The number of carbonyl (C=O) groups is 1. The van der Waals surface area contributed by atoms with Crippen LogP contribution in [0.5, 0.6) is 0 Å². The summed E-state index contributed by atoms with van der Waals surface area (Å²) < 4.78 is 0. The van der Waals surface area contributed by atoms with Crippen LogP contribution < -0.4 is 0 Å². The summed E-state index contributed by atoms with van der Waals surface area (Å²) in [5.74, 6) is 0.738. The first-order valence-corrected chi connectivity index (χ1v) is 5.79. The lowest BCUT2D eigenvalue weighted by molar-refractivity contribution is -0.122. The molecule has 0 amide bonds. The maximum Gasteiger partial charge on any atom is 0.132 e. The zero-order valence-corrected chi connectivity index (χ0v) is 9.99. The van der Waals surface area contributed by atoms with Crippen LogP contribution in [0.2, 0.25) is 0 Å². The minimum absolute atomic E-state index is 0.118. The van der Waals surface area contributed by atoms with Crippen molar-refractivity contribution in [2.75, 3.05) is 0 Å². The topological polar surface area (TPSA) is 37.3 Å². The van der Waals surface area contributed by atoms with Crippen molar-refractivity contribution in [3.63, 3.8) is 0 Å². The highest BCUT2D eigenvalue weighted by Gasteiger charge is 2.32. The van der Waals surface area contributed by atoms with Crippen LogP contribution in [-0.4, -0.2) is 17.0 Å². The monoisotopic (exact) mass is 210 g/mol. The van der Waals surface area contributed by atoms with Crippen molar-refractivity contribution in [3.8, 4) is 0 Å². The predicted octanol–water partition coefficient (Wildman–Crippen LogP) is 2.56. The maximum absolute atomic E-state index is 11.3. The minimum atomic E-state index is -0.348. The van der Waals surface area contributed by atoms with E-state index < -0.39 is 0 Å². The van der Waals surface area contributed by atoms with Gasteiger partial charge in [-0.25, -0.2) is 0 Å². The summed E-state index contributed by atoms with van der Waals surface area (Å²) in [7, 11) is 0. The third kappa shape index (κ3) is 2.91. The maximum atomic E-state index is 11.3. The van der Waals surface area contributed by atoms with Gasteiger partial charge in [0.25, 0.3) is 0 Å². The molecule has 1 fully saturated rings. The zero-order chi connectivity index (χ0) is 11.6. The Morgan fingerprint density at radius 2 is 2.13 bits per heavy atom. The van der Waals surface area contributed by atoms with Crippen molar-refractivity contribution < 1.29 is 9.90 Å². The standard InChI is InChI=1S/C13H22O2/c1-8(2)13(15)12-7-11(10(4)14)6-5-9(12)3/h8,11-13,15H,3,5-7H2,1-2,4H3/t11-,12-,13-/m0/s1. The second-order valence-electron chi connectivity index (χ2n) is 5.08. The lowest BCUT2D eigenvalue weighted by Gasteiger charge is -2.34. The van der Waals surface area contributed by atoms with Crippen LogP contribution in [0.25, 0.3) is 0 Å². The second kappa shape index (κ2) is 4.93. The molecule has 0 aromatic rings. The van der Waals surface area contributed by atoms with Crippen LogP contribution in [-0.2, 0) is 4.79 Å². The van der Waals surface area contributed by atoms with Crippen molar-refractivity contribution >= 4 is 5.78 Å². The van der Waals surface area contributed by atoms with Gasteiger partial charge in [-0.2, -0.15) is 0 Å². The molecule has 0 spiro atoms. The fourth-order valence-electron chi connectivity index (χ4n) is 2.35. The molecule has 1 saturated carbocycles. The number of rotatable bonds is 3. The van der Waals surface area contributed by atoms with Crippen LogP contribution in [0.15, 0.2) is 12.2 Å². The van der Waals surface area contributed by atoms with Gasteiger partial charge in [-0.3, -0.25) is 4.79 Å². The lowest BCUT2D eigenvalue weighted by Crippen LogP contribution is -2.33. The Balaban J connectivity index is 2.69. The molecule has 86 valence electrons. The molecule has 15 heavy (non-hydrogen) atoms. The molecule has 1 aliphatic rings. The Bertz CT molecular complexity index is 255. The molecule has 0 saturated heterocycles. The van der Waals surface area contributed by atoms with Crippen LogP contribution in [0, 0.1) is 17.8 Å². The number of hydrogen-bond donors (Lipinski definition) is 1. The molecule has 0 bridgehead atoms. The Morgan fingerprint density at radius 1 is 1.53 bits per heavy atom. The van der Waals surface area contributed by atoms with Crippen molar-refractivity contribution in [1.29, 1.82) is 0 Å². The molecule has 0 aliphatic heterocycles. The first-order valence-electron chi connectivity index (χ1n) is 5.79. The van der Waals surface area contributed by atoms with Crippen LogP contribution in [0.3, 0.4) is 0 Å². The Morgan fingerprint density at radius 3 is 2.60 bits per heavy atom. The first-order chi connectivity index (χ1) is 6.93. The van der Waals surface area contributed by atoms with Gasteiger partial charge in [0.1, 0.15) is 5.78 Å². The molecule has 0 unspecified atom stereocenters. The molecular formula is C13H22O2. The van der Waals surface area contributed by atoms with Gasteiger partial charge in [0.2, 0.25) is 0 Å². The summed E-state index contributed by atoms with van der Waals surface area (Å²) in [4.78, 5) is 11.3. The van der Waals surface area contributed by atoms with Gasteiger partial charge in [-0.15, -0.1) is 0 Å². The highest BCUT2D eigenvalue weighted by Crippen LogP contribution is 2.36. The van der Waals surface area contributed by atoms with Crippen LogP contribution >= 0.6 is 0 Å². The number of aliphatic hydroxyl groups is 1. The second-order valence-corrected chi connectivity index (χ2v) is 5.08. The van der Waals surface area contributed by atoms with Crippen LogP contribution in [0.4, 0.5) is 0 Å². The molecule has 3 atom stereocenters. The summed E-state index contributed by atoms with van der Waals surface area (Å²) in [6, 6.07) is 0. The number of ketones is 1. The molecule has 0 radical (unpaired) electrons. The van der Waals surface area contributed by atoms with Gasteiger partial charge >= 0.3 is 0 Å². The summed E-state index contributed by atoms with van der Waals surface area (Å²) in [5, 5.41) is 10.0. The first kappa shape index (κ1) is 12.4. The largest absolute Gasteiger partial charge is 0.392 e. The predicted molar refractivity (Wildman–Crippen MR) is 61.5 cm³/mol. The van der Waals surface area contributed by atoms with Gasteiger partial charge in [0.05, 0.1) is 6.10 Å². The molecule has 2 nitrogen and oxygen atoms in total. The Labute approximate surface area is 92.4 Å². The van der Waals surface area contributed by atoms with E-state index in [4.69, 9.17) is 0 Å². The fraction of sp³-hybridized carbons (Fsp3) is 0.769. The van der Waals surface area contributed by atoms with Crippen molar-refractivity contribution in [1.82, 2.24) is 0 Å². The highest BCUT2D eigenvalue weighted by atomic mass is 16.3. The molecule has 0 aromatic carbocycles. The lowest BCUT2D eigenvalue weighted by atomic mass is 9.72. The van der Waals surface area contributed by atoms with E-state index in [0.717, 1.165) is 24.8 Å². The third-order valence-electron chi connectivity index (χ3n) is 3.55. The summed E-state index contributed by atoms with van der Waals surface area (Å²) in [5.41, 5.74) is 1.12. The number of aliphatic hydroxyl groups excluding tert-OH is 1. The smallest absolute Gasteiger partial charge is 0.132 e. The number of Topliss-reactive ketones (excluding diaryl/α,β-unsaturated/α-hetero) is 1. The van der Waals surface area contributed by atoms with Crippen molar-refractivity contribution in [3.05, 3.63) is 12.2 Å². The van der Waals surface area contributed by atoms with E-state index in [1.807, 2.05) is 13.8 Å². The van der Waals surface area contributed by atoms with Crippen LogP contribution in [0.1, 0.15) is 40.0 Å². The van der Waals surface area contributed by atoms with Gasteiger partial charge < -0.3 is 5.11 Å². The molecule has 1 rings (SSSR count). The van der Waals surface area contributed by atoms with Gasteiger partial charge in [-0.1, -0.05) is 26.0 Å². The third-order valence-corrected chi connectivity index (χ3v) is 3.55. The summed E-state index contributed by atoms with van der Waals surface area (Å²) >= 11 is 0. The van der Waals surface area contributed by atoms with Gasteiger partial charge in [-0.05, 0) is 32.1 Å². The number of carbonyl (C=O) groups excluding carboxylic acids is 1. The molecule has 0 aromatic heterocycles. The summed E-state index contributed by atoms with van der Waals surface area (Å²) in [6.45, 7) is 9.69. The van der Waals surface area contributed by atoms with E-state index in [0.29, 0.717) is 0 Å². The van der Waals surface area contributed by atoms with E-state index >= 15 is 0 Å². The molecule has 1 aliphatic carbocycles. The quantitative estimate of drug-likeness (QED) is 0.727. The average molecular weight is 210 g/mol. The van der Waals surface area contributed by atoms with Crippen molar-refractivity contribution in [2.45, 2.75) is 46.1 Å². The molecule has 1 N–H and O–H groups in total. The zero-order valence-electron chi connectivity index (χ0n) is 9.99. The normalized spacial score (nSPS) is 29.3. The van der Waals surface area contributed by atoms with E-state index in [9.17, 15) is 9.90 Å². The molecule has 0 heterocycles. The Kier molecular flexibility index (Phi) is 4.09. The van der Waals surface area contributed by atoms with E-state index in [-0.39, 0.29) is 29.6 Å². The number of hydrogen-bond acceptors (Lipinski definition) is 2. The van der Waals surface area contributed by atoms with E-state index in [1.54, 1.807) is 6.92 Å². The average Bonchev–Trinajstić information content (AvgIpc) is 2.16. The van der Waals surface area contributed by atoms with E-state index in [2.05, 4.69) is 6.58 Å². The van der Waals surface area contributed by atoms with Gasteiger partial charge in [0, 0.05) is 11.8 Å². The van der Waals surface area contributed by atoms with E-state index in [1.165, 1.54) is 0 Å². The Hall–Kier alpha value is -0.630. The fourth-order valence-corrected chi connectivity index (χ4v) is 2.35.